The third kappa shape index (κ3) is 4.38. The highest BCUT2D eigenvalue weighted by atomic mass is 32.2. The van der Waals surface area contributed by atoms with Crippen LogP contribution < -0.4 is 20.1 Å². The SMILES string of the molecule is O=C(CCNS(=O)(=O)c1ccccc1)Nc1ccc2c(c1)NC(=O)CO2. The van der Waals surface area contributed by atoms with Crippen molar-refractivity contribution >= 4 is 33.2 Å². The number of ether oxygens (including phenoxy) is 1. The highest BCUT2D eigenvalue weighted by molar-refractivity contribution is 7.89. The summed E-state index contributed by atoms with van der Waals surface area (Å²) in [5.41, 5.74) is 0.953. The Kier molecular flexibility index (Phi) is 5.19. The zero-order valence-electron chi connectivity index (χ0n) is 13.7. The lowest BCUT2D eigenvalue weighted by atomic mass is 10.2. The van der Waals surface area contributed by atoms with E-state index in [1.807, 2.05) is 0 Å². The number of nitrogens with one attached hydrogen (secondary N) is 3. The van der Waals surface area contributed by atoms with Crippen molar-refractivity contribution in [1.82, 2.24) is 4.72 Å². The van der Waals surface area contributed by atoms with E-state index in [9.17, 15) is 18.0 Å². The van der Waals surface area contributed by atoms with Crippen molar-refractivity contribution in [2.75, 3.05) is 23.8 Å². The molecule has 2 aromatic rings. The molecule has 3 N–H and O–H groups in total. The van der Waals surface area contributed by atoms with Crippen LogP contribution in [-0.2, 0) is 19.6 Å². The molecule has 1 aliphatic heterocycles. The summed E-state index contributed by atoms with van der Waals surface area (Å²) in [6.45, 7) is -0.0753. The molecular formula is C17H17N3O5S. The maximum absolute atomic E-state index is 12.1. The van der Waals surface area contributed by atoms with Gasteiger partial charge in [-0.15, -0.1) is 0 Å². The molecule has 136 valence electrons. The van der Waals surface area contributed by atoms with Crippen LogP contribution in [0.5, 0.6) is 5.75 Å². The smallest absolute Gasteiger partial charge is 0.262 e. The molecular weight excluding hydrogens is 358 g/mol. The van der Waals surface area contributed by atoms with Gasteiger partial charge in [-0.25, -0.2) is 13.1 Å². The molecule has 0 radical (unpaired) electrons. The van der Waals surface area contributed by atoms with Gasteiger partial charge in [0, 0.05) is 18.7 Å². The first-order valence-electron chi connectivity index (χ1n) is 7.85. The predicted octanol–water partition coefficient (Wildman–Crippen LogP) is 1.32. The van der Waals surface area contributed by atoms with Crippen LogP contribution in [0.4, 0.5) is 11.4 Å². The number of carbonyl (C=O) groups is 2. The second-order valence-electron chi connectivity index (χ2n) is 5.56. The average Bonchev–Trinajstić information content (AvgIpc) is 2.62. The van der Waals surface area contributed by atoms with Crippen LogP contribution in [0.15, 0.2) is 53.4 Å². The summed E-state index contributed by atoms with van der Waals surface area (Å²) in [7, 11) is -3.64. The van der Waals surface area contributed by atoms with E-state index >= 15 is 0 Å². The molecule has 0 bridgehead atoms. The van der Waals surface area contributed by atoms with E-state index < -0.39 is 10.0 Å². The third-order valence-electron chi connectivity index (χ3n) is 3.59. The Bertz CT molecular complexity index is 929. The summed E-state index contributed by atoms with van der Waals surface area (Å²) in [6.07, 6.45) is -0.0357. The molecule has 2 aromatic carbocycles. The number of fused-ring (bicyclic) bond motifs is 1. The van der Waals surface area contributed by atoms with Gasteiger partial charge in [-0.2, -0.15) is 0 Å². The van der Waals surface area contributed by atoms with Gasteiger partial charge in [-0.1, -0.05) is 18.2 Å². The Morgan fingerprint density at radius 2 is 1.92 bits per heavy atom. The number of carbonyl (C=O) groups excluding carboxylic acids is 2. The minimum atomic E-state index is -3.64. The quantitative estimate of drug-likeness (QED) is 0.705. The molecule has 0 aliphatic carbocycles. The van der Waals surface area contributed by atoms with Gasteiger partial charge in [0.15, 0.2) is 6.61 Å². The standard InChI is InChI=1S/C17H17N3O5S/c21-16(8-9-18-26(23,24)13-4-2-1-3-5-13)19-12-6-7-15-14(10-12)20-17(22)11-25-15/h1-7,10,18H,8-9,11H2,(H,19,21)(H,20,22). The van der Waals surface area contributed by atoms with Crippen LogP contribution in [0.1, 0.15) is 6.42 Å². The molecule has 26 heavy (non-hydrogen) atoms. The topological polar surface area (TPSA) is 114 Å². The first-order chi connectivity index (χ1) is 12.4. The Labute approximate surface area is 150 Å². The van der Waals surface area contributed by atoms with Crippen molar-refractivity contribution in [2.24, 2.45) is 0 Å². The summed E-state index contributed by atoms with van der Waals surface area (Å²) in [4.78, 5) is 23.5. The summed E-state index contributed by atoms with van der Waals surface area (Å²) < 4.78 is 31.8. The monoisotopic (exact) mass is 375 g/mol. The van der Waals surface area contributed by atoms with E-state index in [4.69, 9.17) is 4.74 Å². The number of benzene rings is 2. The third-order valence-corrected chi connectivity index (χ3v) is 5.07. The lowest BCUT2D eigenvalue weighted by Crippen LogP contribution is -2.28. The lowest BCUT2D eigenvalue weighted by Gasteiger charge is -2.18. The Hall–Kier alpha value is -2.91. The lowest BCUT2D eigenvalue weighted by molar-refractivity contribution is -0.118. The Balaban J connectivity index is 1.53. The van der Waals surface area contributed by atoms with Crippen LogP contribution in [0.2, 0.25) is 0 Å². The van der Waals surface area contributed by atoms with Crippen molar-refractivity contribution in [1.29, 1.82) is 0 Å². The van der Waals surface area contributed by atoms with Gasteiger partial charge in [0.25, 0.3) is 5.91 Å². The number of amides is 2. The fourth-order valence-corrected chi connectivity index (χ4v) is 3.42. The zero-order valence-corrected chi connectivity index (χ0v) is 14.5. The van der Waals surface area contributed by atoms with E-state index in [0.717, 1.165) is 0 Å². The van der Waals surface area contributed by atoms with Gasteiger partial charge in [-0.05, 0) is 30.3 Å². The second kappa shape index (κ2) is 7.54. The maximum Gasteiger partial charge on any atom is 0.262 e. The summed E-state index contributed by atoms with van der Waals surface area (Å²) in [5.74, 6) is -0.0988. The van der Waals surface area contributed by atoms with Gasteiger partial charge in [-0.3, -0.25) is 9.59 Å². The number of hydrogen-bond donors (Lipinski definition) is 3. The number of hydrogen-bond acceptors (Lipinski definition) is 5. The molecule has 0 atom stereocenters. The minimum Gasteiger partial charge on any atom is -0.482 e. The number of sulfonamides is 1. The van der Waals surface area contributed by atoms with Crippen molar-refractivity contribution in [3.05, 3.63) is 48.5 Å². The van der Waals surface area contributed by atoms with E-state index in [1.165, 1.54) is 12.1 Å². The molecule has 0 aromatic heterocycles. The molecule has 1 aliphatic rings. The van der Waals surface area contributed by atoms with Gasteiger partial charge in [0.1, 0.15) is 5.75 Å². The zero-order chi connectivity index (χ0) is 18.6. The molecule has 9 heteroatoms. The van der Waals surface area contributed by atoms with Crippen molar-refractivity contribution in [2.45, 2.75) is 11.3 Å². The molecule has 2 amide bonds. The molecule has 0 saturated heterocycles. The van der Waals surface area contributed by atoms with Crippen molar-refractivity contribution in [3.63, 3.8) is 0 Å². The van der Waals surface area contributed by atoms with Crippen molar-refractivity contribution < 1.29 is 22.7 Å². The fourth-order valence-electron chi connectivity index (χ4n) is 2.37. The molecule has 0 spiro atoms. The van der Waals surface area contributed by atoms with Crippen molar-refractivity contribution in [3.8, 4) is 5.75 Å². The highest BCUT2D eigenvalue weighted by Crippen LogP contribution is 2.30. The van der Waals surface area contributed by atoms with E-state index in [2.05, 4.69) is 15.4 Å². The highest BCUT2D eigenvalue weighted by Gasteiger charge is 2.17. The maximum atomic E-state index is 12.1. The van der Waals surface area contributed by atoms with Gasteiger partial charge < -0.3 is 15.4 Å². The van der Waals surface area contributed by atoms with Crippen LogP contribution in [-0.4, -0.2) is 33.4 Å². The first-order valence-corrected chi connectivity index (χ1v) is 9.34. The molecule has 0 saturated carbocycles. The molecule has 3 rings (SSSR count). The van der Waals surface area contributed by atoms with Crippen LogP contribution in [0.3, 0.4) is 0 Å². The molecule has 8 nitrogen and oxygen atoms in total. The summed E-state index contributed by atoms with van der Waals surface area (Å²) >= 11 is 0. The van der Waals surface area contributed by atoms with E-state index in [0.29, 0.717) is 17.1 Å². The summed E-state index contributed by atoms with van der Waals surface area (Å²) in [5, 5.41) is 5.30. The van der Waals surface area contributed by atoms with E-state index in [1.54, 1.807) is 36.4 Å². The number of anilines is 2. The molecule has 1 heterocycles. The predicted molar refractivity (Wildman–Crippen MR) is 95.4 cm³/mol. The largest absolute Gasteiger partial charge is 0.482 e. The molecule has 0 fully saturated rings. The average molecular weight is 375 g/mol. The first kappa shape index (κ1) is 17.9. The van der Waals surface area contributed by atoms with Crippen LogP contribution >= 0.6 is 0 Å². The Morgan fingerprint density at radius 1 is 1.15 bits per heavy atom. The normalized spacial score (nSPS) is 13.3. The second-order valence-corrected chi connectivity index (χ2v) is 7.32. The van der Waals surface area contributed by atoms with Crippen LogP contribution in [0.25, 0.3) is 0 Å². The van der Waals surface area contributed by atoms with Gasteiger partial charge in [0.2, 0.25) is 15.9 Å². The summed E-state index contributed by atoms with van der Waals surface area (Å²) in [6, 6.07) is 12.8. The number of rotatable bonds is 6. The van der Waals surface area contributed by atoms with Gasteiger partial charge in [0.05, 0.1) is 10.6 Å². The van der Waals surface area contributed by atoms with Crippen LogP contribution in [0, 0.1) is 0 Å². The van der Waals surface area contributed by atoms with E-state index in [-0.39, 0.29) is 36.3 Å². The minimum absolute atomic E-state index is 0.0339. The Morgan fingerprint density at radius 3 is 2.69 bits per heavy atom. The molecule has 0 unspecified atom stereocenters. The van der Waals surface area contributed by atoms with Gasteiger partial charge >= 0.3 is 0 Å². The fraction of sp³-hybridized carbons (Fsp3) is 0.176.